The maximum Gasteiger partial charge on any atom is 0.147 e. The normalized spacial score (nSPS) is 10.3. The maximum atomic E-state index is 5.48. The van der Waals surface area contributed by atoms with Crippen molar-refractivity contribution in [2.75, 3.05) is 45.4 Å². The number of nitrogens with zero attached hydrogens (tertiary/aromatic N) is 3. The van der Waals surface area contributed by atoms with E-state index in [0.29, 0.717) is 18.9 Å². The van der Waals surface area contributed by atoms with Crippen LogP contribution < -0.4 is 10.6 Å². The summed E-state index contributed by atoms with van der Waals surface area (Å²) in [6.07, 6.45) is 3.23. The van der Waals surface area contributed by atoms with Gasteiger partial charge in [0.25, 0.3) is 0 Å². The Balaban J connectivity index is 2.73. The van der Waals surface area contributed by atoms with E-state index in [1.165, 1.54) is 0 Å². The molecule has 7 heteroatoms. The van der Waals surface area contributed by atoms with Crippen LogP contribution in [0.4, 0.5) is 5.82 Å². The molecule has 1 heterocycles. The predicted octanol–water partition coefficient (Wildman–Crippen LogP) is 0.210. The number of methoxy groups -OCH3 is 2. The molecule has 0 bridgehead atoms. The summed E-state index contributed by atoms with van der Waals surface area (Å²) in [4.78, 5) is 10.7. The van der Waals surface area contributed by atoms with Crippen molar-refractivity contribution in [1.82, 2.24) is 9.97 Å². The van der Waals surface area contributed by atoms with Crippen LogP contribution in [0.5, 0.6) is 0 Å². The largest absolute Gasteiger partial charge is 0.388 e. The van der Waals surface area contributed by atoms with Crippen molar-refractivity contribution in [3.63, 3.8) is 0 Å². The number of nitrogens with two attached hydrogens (primary N) is 1. The van der Waals surface area contributed by atoms with Crippen LogP contribution in [-0.4, -0.2) is 55.5 Å². The quantitative estimate of drug-likeness (QED) is 0.677. The lowest BCUT2D eigenvalue weighted by Gasteiger charge is -2.22. The van der Waals surface area contributed by atoms with Gasteiger partial charge in [-0.25, -0.2) is 9.97 Å². The van der Waals surface area contributed by atoms with Crippen molar-refractivity contribution in [1.29, 1.82) is 0 Å². The minimum absolute atomic E-state index is 0.245. The van der Waals surface area contributed by atoms with Gasteiger partial charge in [0.1, 0.15) is 16.5 Å². The lowest BCUT2D eigenvalue weighted by molar-refractivity contribution is 0.190. The molecule has 100 valence electrons. The zero-order valence-corrected chi connectivity index (χ0v) is 11.4. The Labute approximate surface area is 112 Å². The molecule has 0 saturated carbocycles. The molecule has 18 heavy (non-hydrogen) atoms. The third-order valence-electron chi connectivity index (χ3n) is 2.35. The van der Waals surface area contributed by atoms with E-state index >= 15 is 0 Å². The van der Waals surface area contributed by atoms with Gasteiger partial charge in [0.2, 0.25) is 0 Å². The molecule has 0 aliphatic carbocycles. The number of ether oxygens (including phenoxy) is 2. The molecule has 0 amide bonds. The van der Waals surface area contributed by atoms with Crippen LogP contribution >= 0.6 is 12.2 Å². The van der Waals surface area contributed by atoms with Gasteiger partial charge in [-0.05, 0) is 0 Å². The van der Waals surface area contributed by atoms with Crippen LogP contribution in [0.2, 0.25) is 0 Å². The molecule has 0 fully saturated rings. The van der Waals surface area contributed by atoms with Crippen LogP contribution in [0.1, 0.15) is 5.69 Å². The molecule has 0 aliphatic heterocycles. The highest BCUT2D eigenvalue weighted by Crippen LogP contribution is 2.08. The second kappa shape index (κ2) is 7.91. The number of aromatic nitrogens is 2. The summed E-state index contributed by atoms with van der Waals surface area (Å²) in [5.74, 6) is 0.754. The van der Waals surface area contributed by atoms with E-state index in [9.17, 15) is 0 Å². The smallest absolute Gasteiger partial charge is 0.147 e. The molecule has 2 N–H and O–H groups in total. The summed E-state index contributed by atoms with van der Waals surface area (Å²) < 4.78 is 10.1. The molecule has 1 rings (SSSR count). The van der Waals surface area contributed by atoms with Gasteiger partial charge in [-0.2, -0.15) is 0 Å². The molecule has 0 atom stereocenters. The topological polar surface area (TPSA) is 73.5 Å². The second-order valence-corrected chi connectivity index (χ2v) is 4.04. The van der Waals surface area contributed by atoms with Crippen molar-refractivity contribution in [2.45, 2.75) is 0 Å². The Hall–Kier alpha value is -1.31. The Morgan fingerprint density at radius 3 is 2.22 bits per heavy atom. The molecule has 0 aliphatic rings. The van der Waals surface area contributed by atoms with E-state index in [4.69, 9.17) is 27.4 Å². The number of anilines is 1. The van der Waals surface area contributed by atoms with Gasteiger partial charge in [-0.15, -0.1) is 0 Å². The molecule has 1 aromatic heterocycles. The van der Waals surface area contributed by atoms with E-state index in [-0.39, 0.29) is 4.99 Å². The van der Waals surface area contributed by atoms with Gasteiger partial charge in [0, 0.05) is 27.3 Å². The van der Waals surface area contributed by atoms with Crippen molar-refractivity contribution < 1.29 is 9.47 Å². The summed E-state index contributed by atoms with van der Waals surface area (Å²) in [6, 6.07) is 0. The fraction of sp³-hybridized carbons (Fsp3) is 0.545. The Kier molecular flexibility index (Phi) is 6.48. The van der Waals surface area contributed by atoms with E-state index in [2.05, 4.69) is 9.97 Å². The molecule has 1 aromatic rings. The molecule has 0 aromatic carbocycles. The van der Waals surface area contributed by atoms with Crippen molar-refractivity contribution in [3.05, 3.63) is 18.1 Å². The predicted molar refractivity (Wildman–Crippen MR) is 73.9 cm³/mol. The van der Waals surface area contributed by atoms with Crippen molar-refractivity contribution >= 4 is 23.0 Å². The number of thiocarbonyl (C=S) groups is 1. The van der Waals surface area contributed by atoms with Gasteiger partial charge in [-0.1, -0.05) is 12.2 Å². The number of hydrogen-bond donors (Lipinski definition) is 1. The second-order valence-electron chi connectivity index (χ2n) is 3.60. The van der Waals surface area contributed by atoms with Crippen molar-refractivity contribution in [2.24, 2.45) is 5.73 Å². The Morgan fingerprint density at radius 1 is 1.22 bits per heavy atom. The molecule has 0 spiro atoms. The first-order valence-corrected chi connectivity index (χ1v) is 5.94. The minimum Gasteiger partial charge on any atom is -0.388 e. The third-order valence-corrected chi connectivity index (χ3v) is 2.55. The van der Waals surface area contributed by atoms with Gasteiger partial charge >= 0.3 is 0 Å². The highest BCUT2D eigenvalue weighted by atomic mass is 32.1. The first-order chi connectivity index (χ1) is 8.69. The molecule has 0 unspecified atom stereocenters. The average Bonchev–Trinajstić information content (AvgIpc) is 2.39. The minimum atomic E-state index is 0.245. The van der Waals surface area contributed by atoms with Gasteiger partial charge in [0.05, 0.1) is 25.6 Å². The highest BCUT2D eigenvalue weighted by Gasteiger charge is 2.08. The first-order valence-electron chi connectivity index (χ1n) is 5.53. The van der Waals surface area contributed by atoms with Crippen LogP contribution in [0.3, 0.4) is 0 Å². The lowest BCUT2D eigenvalue weighted by atomic mass is 10.4. The van der Waals surface area contributed by atoms with Gasteiger partial charge in [0.15, 0.2) is 0 Å². The number of hydrogen-bond acceptors (Lipinski definition) is 6. The lowest BCUT2D eigenvalue weighted by Crippen LogP contribution is -2.31. The molecule has 0 radical (unpaired) electrons. The fourth-order valence-electron chi connectivity index (χ4n) is 1.36. The number of rotatable bonds is 8. The van der Waals surface area contributed by atoms with E-state index < -0.39 is 0 Å². The zero-order chi connectivity index (χ0) is 13.4. The molecule has 6 nitrogen and oxygen atoms in total. The van der Waals surface area contributed by atoms with E-state index in [0.717, 1.165) is 18.9 Å². The van der Waals surface area contributed by atoms with Crippen LogP contribution in [0.25, 0.3) is 0 Å². The van der Waals surface area contributed by atoms with E-state index in [1.807, 2.05) is 4.90 Å². The van der Waals surface area contributed by atoms with Crippen molar-refractivity contribution in [3.8, 4) is 0 Å². The maximum absolute atomic E-state index is 5.48. The summed E-state index contributed by atoms with van der Waals surface area (Å²) in [5.41, 5.74) is 6.00. The Morgan fingerprint density at radius 2 is 1.83 bits per heavy atom. The molecular weight excluding hydrogens is 252 g/mol. The SMILES string of the molecule is COCCN(CCOC)c1cnc(C(N)=S)cn1. The van der Waals surface area contributed by atoms with Crippen LogP contribution in [0.15, 0.2) is 12.4 Å². The zero-order valence-electron chi connectivity index (χ0n) is 10.6. The van der Waals surface area contributed by atoms with Crippen LogP contribution in [0, 0.1) is 0 Å². The van der Waals surface area contributed by atoms with Gasteiger partial charge in [-0.3, -0.25) is 0 Å². The van der Waals surface area contributed by atoms with E-state index in [1.54, 1.807) is 26.6 Å². The van der Waals surface area contributed by atoms with Crippen LogP contribution in [-0.2, 0) is 9.47 Å². The summed E-state index contributed by atoms with van der Waals surface area (Å²) in [6.45, 7) is 2.67. The fourth-order valence-corrected chi connectivity index (χ4v) is 1.46. The Bertz CT molecular complexity index is 364. The summed E-state index contributed by atoms with van der Waals surface area (Å²) in [5, 5.41) is 0. The van der Waals surface area contributed by atoms with Gasteiger partial charge < -0.3 is 20.1 Å². The molecule has 0 saturated heterocycles. The first kappa shape index (κ1) is 14.7. The standard InChI is InChI=1S/C11H18N4O2S/c1-16-5-3-15(4-6-17-2)10-8-13-9(7-14-10)11(12)18/h7-8H,3-6H2,1-2H3,(H2,12,18). The average molecular weight is 270 g/mol. The summed E-state index contributed by atoms with van der Waals surface area (Å²) >= 11 is 4.83. The highest BCUT2D eigenvalue weighted by molar-refractivity contribution is 7.80. The third kappa shape index (κ3) is 4.52. The summed E-state index contributed by atoms with van der Waals surface area (Å²) in [7, 11) is 3.33. The molecular formula is C11H18N4O2S. The monoisotopic (exact) mass is 270 g/mol.